The number of benzene rings is 1. The van der Waals surface area contributed by atoms with Gasteiger partial charge in [-0.05, 0) is 24.1 Å². The van der Waals surface area contributed by atoms with Crippen molar-refractivity contribution >= 4 is 29.1 Å². The SMILES string of the molecule is CN1C(=O)[C@@H](NC(=O)C2=NN=C(Cc3ccc(F)cc3)C2)CCn2nc(C(F)(F)F)cc21. The van der Waals surface area contributed by atoms with Gasteiger partial charge in [-0.3, -0.25) is 14.5 Å². The first-order valence-corrected chi connectivity index (χ1v) is 9.72. The second kappa shape index (κ2) is 8.17. The quantitative estimate of drug-likeness (QED) is 0.725. The molecular formula is C20H18F4N6O2. The van der Waals surface area contributed by atoms with Gasteiger partial charge in [0.15, 0.2) is 5.69 Å². The Morgan fingerprint density at radius 1 is 1.22 bits per heavy atom. The average Bonchev–Trinajstić information content (AvgIpc) is 3.36. The summed E-state index contributed by atoms with van der Waals surface area (Å²) in [6, 6.07) is 5.74. The molecule has 2 amide bonds. The summed E-state index contributed by atoms with van der Waals surface area (Å²) >= 11 is 0. The molecule has 0 aliphatic carbocycles. The summed E-state index contributed by atoms with van der Waals surface area (Å²) in [5.41, 5.74) is 0.473. The maximum atomic E-state index is 13.0. The molecule has 0 fully saturated rings. The molecule has 2 aliphatic rings. The van der Waals surface area contributed by atoms with Crippen molar-refractivity contribution in [3.63, 3.8) is 0 Å². The van der Waals surface area contributed by atoms with E-state index < -0.39 is 29.7 Å². The van der Waals surface area contributed by atoms with Gasteiger partial charge in [-0.1, -0.05) is 12.1 Å². The molecule has 2 aromatic rings. The second-order valence-corrected chi connectivity index (χ2v) is 7.51. The number of carbonyl (C=O) groups is 2. The first-order valence-electron chi connectivity index (χ1n) is 9.72. The van der Waals surface area contributed by atoms with E-state index in [1.54, 1.807) is 12.1 Å². The number of amides is 2. The Morgan fingerprint density at radius 2 is 1.94 bits per heavy atom. The fourth-order valence-electron chi connectivity index (χ4n) is 3.53. The zero-order valence-electron chi connectivity index (χ0n) is 16.9. The lowest BCUT2D eigenvalue weighted by atomic mass is 10.0. The van der Waals surface area contributed by atoms with Crippen LogP contribution in [-0.4, -0.2) is 46.1 Å². The number of nitrogens with one attached hydrogen (secondary N) is 1. The highest BCUT2D eigenvalue weighted by molar-refractivity contribution is 6.43. The number of likely N-dealkylation sites (N-methyl/N-ethyl adjacent to an activating group) is 1. The van der Waals surface area contributed by atoms with Crippen LogP contribution in [0.25, 0.3) is 0 Å². The molecule has 0 unspecified atom stereocenters. The van der Waals surface area contributed by atoms with E-state index in [2.05, 4.69) is 20.6 Å². The molecule has 1 aromatic heterocycles. The molecule has 1 N–H and O–H groups in total. The summed E-state index contributed by atoms with van der Waals surface area (Å²) in [6.45, 7) is 0.0191. The van der Waals surface area contributed by atoms with E-state index in [0.717, 1.165) is 21.2 Å². The van der Waals surface area contributed by atoms with E-state index in [9.17, 15) is 27.2 Å². The topological polar surface area (TPSA) is 92.0 Å². The minimum absolute atomic E-state index is 0.00204. The molecule has 32 heavy (non-hydrogen) atoms. The van der Waals surface area contributed by atoms with Crippen LogP contribution in [0.3, 0.4) is 0 Å². The fraction of sp³-hybridized carbons (Fsp3) is 0.350. The Kier molecular flexibility index (Phi) is 5.53. The van der Waals surface area contributed by atoms with Crippen LogP contribution < -0.4 is 10.2 Å². The molecule has 0 saturated heterocycles. The van der Waals surface area contributed by atoms with Gasteiger partial charge in [0.05, 0.1) is 5.71 Å². The molecule has 2 aliphatic heterocycles. The van der Waals surface area contributed by atoms with Crippen molar-refractivity contribution < 1.29 is 27.2 Å². The van der Waals surface area contributed by atoms with Crippen molar-refractivity contribution in [3.8, 4) is 0 Å². The van der Waals surface area contributed by atoms with Crippen molar-refractivity contribution in [1.29, 1.82) is 0 Å². The highest BCUT2D eigenvalue weighted by Crippen LogP contribution is 2.32. The molecule has 8 nitrogen and oxygen atoms in total. The van der Waals surface area contributed by atoms with Crippen LogP contribution in [-0.2, 0) is 28.7 Å². The average molecular weight is 450 g/mol. The third-order valence-corrected chi connectivity index (χ3v) is 5.22. The maximum absolute atomic E-state index is 13.0. The highest BCUT2D eigenvalue weighted by Gasteiger charge is 2.38. The molecule has 1 atom stereocenters. The number of hydrogen-bond acceptors (Lipinski definition) is 5. The lowest BCUT2D eigenvalue weighted by Gasteiger charge is -2.20. The van der Waals surface area contributed by atoms with Crippen molar-refractivity contribution in [3.05, 3.63) is 47.4 Å². The van der Waals surface area contributed by atoms with Crippen LogP contribution >= 0.6 is 0 Å². The molecule has 4 rings (SSSR count). The van der Waals surface area contributed by atoms with Gasteiger partial charge in [-0.25, -0.2) is 9.07 Å². The molecule has 168 valence electrons. The zero-order valence-corrected chi connectivity index (χ0v) is 16.9. The predicted molar refractivity (Wildman–Crippen MR) is 107 cm³/mol. The minimum Gasteiger partial charge on any atom is -0.339 e. The van der Waals surface area contributed by atoms with Gasteiger partial charge in [0.25, 0.3) is 11.8 Å². The van der Waals surface area contributed by atoms with Gasteiger partial charge in [-0.15, -0.1) is 5.10 Å². The second-order valence-electron chi connectivity index (χ2n) is 7.51. The molecular weight excluding hydrogens is 432 g/mol. The van der Waals surface area contributed by atoms with Crippen molar-refractivity contribution in [2.45, 2.75) is 38.0 Å². The van der Waals surface area contributed by atoms with Gasteiger partial charge < -0.3 is 5.32 Å². The third-order valence-electron chi connectivity index (χ3n) is 5.22. The molecule has 12 heteroatoms. The van der Waals surface area contributed by atoms with Crippen LogP contribution in [0.4, 0.5) is 23.4 Å². The van der Waals surface area contributed by atoms with E-state index >= 15 is 0 Å². The van der Waals surface area contributed by atoms with E-state index in [4.69, 9.17) is 0 Å². The normalized spacial score (nSPS) is 18.7. The Balaban J connectivity index is 1.37. The Labute approximate surface area is 179 Å². The Hall–Kier alpha value is -3.57. The number of carbonyl (C=O) groups excluding carboxylic acids is 2. The Morgan fingerprint density at radius 3 is 2.62 bits per heavy atom. The van der Waals surface area contributed by atoms with Gasteiger partial charge >= 0.3 is 6.18 Å². The Bertz CT molecular complexity index is 1120. The van der Waals surface area contributed by atoms with Crippen LogP contribution in [0.1, 0.15) is 24.1 Å². The molecule has 3 heterocycles. The fourth-order valence-corrected chi connectivity index (χ4v) is 3.53. The number of aryl methyl sites for hydroxylation is 1. The first kappa shape index (κ1) is 21.7. The van der Waals surface area contributed by atoms with E-state index in [-0.39, 0.29) is 36.7 Å². The number of fused-ring (bicyclic) bond motifs is 1. The summed E-state index contributed by atoms with van der Waals surface area (Å²) in [7, 11) is 1.33. The van der Waals surface area contributed by atoms with Crippen molar-refractivity contribution in [2.75, 3.05) is 11.9 Å². The van der Waals surface area contributed by atoms with Crippen LogP contribution in [0.15, 0.2) is 40.5 Å². The summed E-state index contributed by atoms with van der Waals surface area (Å²) < 4.78 is 52.9. The summed E-state index contributed by atoms with van der Waals surface area (Å²) in [6.07, 6.45) is -3.98. The lowest BCUT2D eigenvalue weighted by Crippen LogP contribution is -2.48. The van der Waals surface area contributed by atoms with Gasteiger partial charge in [0.2, 0.25) is 0 Å². The zero-order chi connectivity index (χ0) is 23.0. The minimum atomic E-state index is -4.62. The van der Waals surface area contributed by atoms with Crippen LogP contribution in [0, 0.1) is 5.82 Å². The molecule has 1 aromatic carbocycles. The standard InChI is InChI=1S/C20H18F4N6O2/c1-29-17-10-16(20(22,23)24)28-30(17)7-6-14(19(29)32)25-18(31)15-9-13(26-27-15)8-11-2-4-12(21)5-3-11/h2-5,10,14H,6-9H2,1H3,(H,25,31)/t14-/m0/s1. The summed E-state index contributed by atoms with van der Waals surface area (Å²) in [5, 5.41) is 14.0. The summed E-state index contributed by atoms with van der Waals surface area (Å²) in [5.74, 6) is -1.49. The van der Waals surface area contributed by atoms with Gasteiger partial charge in [0, 0.05) is 32.5 Å². The maximum Gasteiger partial charge on any atom is 0.435 e. The molecule has 0 radical (unpaired) electrons. The summed E-state index contributed by atoms with van der Waals surface area (Å²) in [4.78, 5) is 26.4. The number of aromatic nitrogens is 2. The van der Waals surface area contributed by atoms with Crippen LogP contribution in [0.5, 0.6) is 0 Å². The predicted octanol–water partition coefficient (Wildman–Crippen LogP) is 2.34. The van der Waals surface area contributed by atoms with Gasteiger partial charge in [0.1, 0.15) is 23.4 Å². The third kappa shape index (κ3) is 4.39. The number of halogens is 4. The van der Waals surface area contributed by atoms with E-state index in [0.29, 0.717) is 12.1 Å². The lowest BCUT2D eigenvalue weighted by molar-refractivity contribution is -0.141. The molecule has 0 bridgehead atoms. The number of alkyl halides is 3. The number of nitrogens with zero attached hydrogens (tertiary/aromatic N) is 5. The van der Waals surface area contributed by atoms with Gasteiger partial charge in [-0.2, -0.15) is 23.4 Å². The molecule has 0 spiro atoms. The number of anilines is 1. The number of hydrogen-bond donors (Lipinski definition) is 1. The van der Waals surface area contributed by atoms with E-state index in [1.165, 1.54) is 19.2 Å². The van der Waals surface area contributed by atoms with Crippen molar-refractivity contribution in [2.24, 2.45) is 10.2 Å². The highest BCUT2D eigenvalue weighted by atomic mass is 19.4. The first-order chi connectivity index (χ1) is 15.1. The van der Waals surface area contributed by atoms with Crippen molar-refractivity contribution in [1.82, 2.24) is 15.1 Å². The monoisotopic (exact) mass is 450 g/mol. The smallest absolute Gasteiger partial charge is 0.339 e. The largest absolute Gasteiger partial charge is 0.435 e. The molecule has 0 saturated carbocycles. The van der Waals surface area contributed by atoms with E-state index in [1.807, 2.05) is 0 Å². The number of rotatable bonds is 4. The van der Waals surface area contributed by atoms with Crippen LogP contribution in [0.2, 0.25) is 0 Å².